The maximum absolute atomic E-state index is 13.6. The smallest absolute Gasteiger partial charge is 0.349 e. The normalized spacial score (nSPS) is 12.5. The first-order chi connectivity index (χ1) is 14.7. The second-order valence-electron chi connectivity index (χ2n) is 8.03. The van der Waals surface area contributed by atoms with Gasteiger partial charge in [-0.1, -0.05) is 6.07 Å². The van der Waals surface area contributed by atoms with E-state index in [-0.39, 0.29) is 29.1 Å². The molecule has 0 aliphatic rings. The van der Waals surface area contributed by atoms with Crippen LogP contribution in [-0.2, 0) is 12.1 Å². The van der Waals surface area contributed by atoms with Gasteiger partial charge in [0.2, 0.25) is 11.9 Å². The number of nitrogens with one attached hydrogen (secondary N) is 2. The Morgan fingerprint density at radius 2 is 1.47 bits per heavy atom. The number of alkyl halides is 5. The molecule has 0 radical (unpaired) electrons. The number of hydrogen-bond acceptors (Lipinski definition) is 7. The zero-order valence-electron chi connectivity index (χ0n) is 17.6. The maximum Gasteiger partial charge on any atom is 0.433 e. The van der Waals surface area contributed by atoms with E-state index in [2.05, 4.69) is 35.6 Å². The van der Waals surface area contributed by atoms with Crippen molar-refractivity contribution in [3.05, 3.63) is 47.9 Å². The zero-order valence-corrected chi connectivity index (χ0v) is 17.6. The fourth-order valence-electron chi connectivity index (χ4n) is 2.53. The third kappa shape index (κ3) is 6.05. The van der Waals surface area contributed by atoms with Gasteiger partial charge in [-0.3, -0.25) is 4.98 Å². The highest BCUT2D eigenvalue weighted by Gasteiger charge is 2.33. The van der Waals surface area contributed by atoms with Gasteiger partial charge in [-0.15, -0.1) is 0 Å². The molecule has 0 aromatic carbocycles. The topological polar surface area (TPSA) is 88.5 Å². The van der Waals surface area contributed by atoms with E-state index in [1.165, 1.54) is 24.4 Å². The predicted octanol–water partition coefficient (Wildman–Crippen LogP) is 5.41. The van der Waals surface area contributed by atoms with Crippen molar-refractivity contribution in [1.29, 1.82) is 0 Å². The molecular formula is C20H20F5N7. The van der Waals surface area contributed by atoms with Crippen molar-refractivity contribution in [2.75, 3.05) is 10.6 Å². The van der Waals surface area contributed by atoms with E-state index in [0.29, 0.717) is 6.92 Å². The number of rotatable bonds is 5. The van der Waals surface area contributed by atoms with Gasteiger partial charge in [0, 0.05) is 24.3 Å². The van der Waals surface area contributed by atoms with Crippen molar-refractivity contribution in [2.24, 2.45) is 0 Å². The van der Waals surface area contributed by atoms with Crippen molar-refractivity contribution in [3.63, 3.8) is 0 Å². The summed E-state index contributed by atoms with van der Waals surface area (Å²) in [5.74, 6) is -3.30. The van der Waals surface area contributed by atoms with E-state index >= 15 is 0 Å². The molecule has 0 aliphatic carbocycles. The van der Waals surface area contributed by atoms with Gasteiger partial charge in [-0.25, -0.2) is 4.98 Å². The summed E-state index contributed by atoms with van der Waals surface area (Å²) in [6.07, 6.45) is -3.45. The Labute approximate surface area is 180 Å². The average Bonchev–Trinajstić information content (AvgIpc) is 2.65. The fraction of sp³-hybridized carbons (Fsp3) is 0.350. The minimum atomic E-state index is -4.64. The fourth-order valence-corrected chi connectivity index (χ4v) is 2.53. The lowest BCUT2D eigenvalue weighted by Crippen LogP contribution is -2.27. The van der Waals surface area contributed by atoms with Crippen LogP contribution in [0.3, 0.4) is 0 Å². The number of nitrogens with zero attached hydrogens (tertiary/aromatic N) is 5. The molecule has 0 unspecified atom stereocenters. The van der Waals surface area contributed by atoms with Crippen molar-refractivity contribution in [2.45, 2.75) is 45.3 Å². The predicted molar refractivity (Wildman–Crippen MR) is 109 cm³/mol. The van der Waals surface area contributed by atoms with Gasteiger partial charge in [0.15, 0.2) is 5.82 Å². The Bertz CT molecular complexity index is 1100. The summed E-state index contributed by atoms with van der Waals surface area (Å²) in [5.41, 5.74) is -1.96. The molecule has 0 bridgehead atoms. The van der Waals surface area contributed by atoms with Gasteiger partial charge >= 0.3 is 6.18 Å². The first-order valence-electron chi connectivity index (χ1n) is 9.41. The molecule has 3 aromatic heterocycles. The lowest BCUT2D eigenvalue weighted by molar-refractivity contribution is -0.141. The van der Waals surface area contributed by atoms with E-state index in [1.807, 2.05) is 20.8 Å². The van der Waals surface area contributed by atoms with Gasteiger partial charge in [0.1, 0.15) is 17.1 Å². The van der Waals surface area contributed by atoms with Crippen molar-refractivity contribution in [3.8, 4) is 11.5 Å². The zero-order chi connectivity index (χ0) is 23.7. The van der Waals surface area contributed by atoms with Crippen LogP contribution in [0.4, 0.5) is 39.5 Å². The number of hydrogen-bond donors (Lipinski definition) is 2. The van der Waals surface area contributed by atoms with Crippen LogP contribution < -0.4 is 10.6 Å². The Kier molecular flexibility index (Phi) is 5.98. The van der Waals surface area contributed by atoms with E-state index in [9.17, 15) is 22.0 Å². The second-order valence-corrected chi connectivity index (χ2v) is 8.03. The molecule has 0 saturated heterocycles. The van der Waals surface area contributed by atoms with Crippen LogP contribution in [-0.4, -0.2) is 30.5 Å². The maximum atomic E-state index is 13.6. The Hall–Kier alpha value is -3.44. The van der Waals surface area contributed by atoms with E-state index in [1.54, 1.807) is 0 Å². The molecule has 32 heavy (non-hydrogen) atoms. The minimum Gasteiger partial charge on any atom is -0.349 e. The van der Waals surface area contributed by atoms with Crippen molar-refractivity contribution in [1.82, 2.24) is 24.9 Å². The largest absolute Gasteiger partial charge is 0.433 e. The first kappa shape index (κ1) is 23.2. The van der Waals surface area contributed by atoms with Crippen LogP contribution in [0, 0.1) is 0 Å². The van der Waals surface area contributed by atoms with Crippen LogP contribution >= 0.6 is 0 Å². The first-order valence-corrected chi connectivity index (χ1v) is 9.41. The number of aromatic nitrogens is 5. The van der Waals surface area contributed by atoms with Gasteiger partial charge in [0.25, 0.3) is 5.92 Å². The third-order valence-electron chi connectivity index (χ3n) is 3.86. The molecule has 0 aliphatic heterocycles. The van der Waals surface area contributed by atoms with Gasteiger partial charge < -0.3 is 10.6 Å². The molecule has 3 rings (SSSR count). The van der Waals surface area contributed by atoms with Crippen LogP contribution in [0.25, 0.3) is 11.5 Å². The van der Waals surface area contributed by atoms with Crippen molar-refractivity contribution >= 4 is 17.6 Å². The quantitative estimate of drug-likeness (QED) is 0.499. The summed E-state index contributed by atoms with van der Waals surface area (Å²) in [4.78, 5) is 19.8. The number of halogens is 5. The molecule has 0 saturated carbocycles. The van der Waals surface area contributed by atoms with Gasteiger partial charge in [-0.2, -0.15) is 36.9 Å². The highest BCUT2D eigenvalue weighted by molar-refractivity contribution is 5.59. The Balaban J connectivity index is 2.05. The molecule has 0 spiro atoms. The molecular weight excluding hydrogens is 433 g/mol. The molecule has 0 fully saturated rings. The minimum absolute atomic E-state index is 0.0688. The second kappa shape index (κ2) is 8.24. The summed E-state index contributed by atoms with van der Waals surface area (Å²) >= 11 is 0. The summed E-state index contributed by atoms with van der Waals surface area (Å²) in [7, 11) is 0. The average molecular weight is 453 g/mol. The van der Waals surface area contributed by atoms with Gasteiger partial charge in [-0.05, 0) is 45.0 Å². The van der Waals surface area contributed by atoms with E-state index in [0.717, 1.165) is 12.1 Å². The van der Waals surface area contributed by atoms with E-state index < -0.39 is 29.0 Å². The lowest BCUT2D eigenvalue weighted by atomic mass is 10.1. The number of anilines is 3. The number of pyridine rings is 2. The molecule has 170 valence electrons. The molecule has 2 N–H and O–H groups in total. The van der Waals surface area contributed by atoms with Crippen molar-refractivity contribution < 1.29 is 22.0 Å². The van der Waals surface area contributed by atoms with Gasteiger partial charge in [0.05, 0.1) is 0 Å². The SMILES string of the molecule is CC(C)(C)Nc1nc(Nc2ccnc(C(C)(F)F)c2)nc(-c2cccc(C(F)(F)F)n2)n1. The summed E-state index contributed by atoms with van der Waals surface area (Å²) in [6.45, 7) is 6.23. The summed E-state index contributed by atoms with van der Waals surface area (Å²) < 4.78 is 66.4. The highest BCUT2D eigenvalue weighted by atomic mass is 19.4. The Morgan fingerprint density at radius 3 is 2.09 bits per heavy atom. The molecule has 12 heteroatoms. The molecule has 7 nitrogen and oxygen atoms in total. The van der Waals surface area contributed by atoms with Crippen LogP contribution in [0.5, 0.6) is 0 Å². The molecule has 3 heterocycles. The third-order valence-corrected chi connectivity index (χ3v) is 3.86. The van der Waals surface area contributed by atoms with E-state index in [4.69, 9.17) is 0 Å². The lowest BCUT2D eigenvalue weighted by Gasteiger charge is -2.21. The summed E-state index contributed by atoms with van der Waals surface area (Å²) in [6, 6.07) is 5.91. The Morgan fingerprint density at radius 1 is 0.781 bits per heavy atom. The van der Waals surface area contributed by atoms with Crippen LogP contribution in [0.15, 0.2) is 36.5 Å². The molecule has 3 aromatic rings. The molecule has 0 atom stereocenters. The highest BCUT2D eigenvalue weighted by Crippen LogP contribution is 2.30. The van der Waals surface area contributed by atoms with Crippen LogP contribution in [0.1, 0.15) is 39.1 Å². The summed E-state index contributed by atoms with van der Waals surface area (Å²) in [5, 5.41) is 5.79. The van der Waals surface area contributed by atoms with Crippen LogP contribution in [0.2, 0.25) is 0 Å². The standard InChI is InChI=1S/C20H20F5N7/c1-18(2,3)32-17-30-15(12-6-5-7-13(28-12)20(23,24)25)29-16(31-17)27-11-8-9-26-14(10-11)19(4,21)22/h5-10H,1-4H3,(H2,26,27,29,30,31,32). The monoisotopic (exact) mass is 453 g/mol. The molecule has 0 amide bonds.